The molecule has 2 heterocycles. The molecule has 2 aromatic heterocycles. The summed E-state index contributed by atoms with van der Waals surface area (Å²) in [7, 11) is 0. The van der Waals surface area contributed by atoms with Crippen molar-refractivity contribution in [3.63, 3.8) is 0 Å². The zero-order chi connectivity index (χ0) is 18.0. The van der Waals surface area contributed by atoms with Crippen LogP contribution in [0.2, 0.25) is 0 Å². The summed E-state index contributed by atoms with van der Waals surface area (Å²) in [5.74, 6) is -0.130. The second-order valence-electron chi connectivity index (χ2n) is 5.36. The highest BCUT2D eigenvalue weighted by Crippen LogP contribution is 2.23. The summed E-state index contributed by atoms with van der Waals surface area (Å²) < 4.78 is 1.80. The molecule has 0 saturated carbocycles. The van der Waals surface area contributed by atoms with Gasteiger partial charge < -0.3 is 10.4 Å². The van der Waals surface area contributed by atoms with Gasteiger partial charge in [-0.1, -0.05) is 15.9 Å². The molecular weight excluding hydrogens is 390 g/mol. The molecule has 1 atom stereocenters. The number of aromatic nitrogens is 4. The van der Waals surface area contributed by atoms with E-state index in [1.165, 1.54) is 18.6 Å². The van der Waals surface area contributed by atoms with E-state index < -0.39 is 17.6 Å². The first-order chi connectivity index (χ1) is 12.0. The van der Waals surface area contributed by atoms with Crippen molar-refractivity contribution < 1.29 is 9.90 Å². The smallest absolute Gasteiger partial charge is 0.275 e. The van der Waals surface area contributed by atoms with Gasteiger partial charge in [0, 0.05) is 16.1 Å². The average molecular weight is 404 g/mol. The van der Waals surface area contributed by atoms with Crippen LogP contribution in [0.3, 0.4) is 0 Å². The number of fused-ring (bicyclic) bond motifs is 1. The number of aliphatic hydroxyl groups is 1. The number of hydrogen-bond donors (Lipinski definition) is 2. The Morgan fingerprint density at radius 1 is 1.36 bits per heavy atom. The number of nitrogens with one attached hydrogen (secondary N) is 1. The molecule has 0 radical (unpaired) electrons. The molecule has 128 valence electrons. The third-order valence-corrected chi connectivity index (χ3v) is 3.98. The maximum atomic E-state index is 12.6. The fourth-order valence-corrected chi connectivity index (χ4v) is 2.74. The Labute approximate surface area is 150 Å². The van der Waals surface area contributed by atoms with Gasteiger partial charge in [0.15, 0.2) is 0 Å². The van der Waals surface area contributed by atoms with Crippen molar-refractivity contribution in [1.29, 1.82) is 0 Å². The summed E-state index contributed by atoms with van der Waals surface area (Å²) in [5, 5.41) is 17.6. The Morgan fingerprint density at radius 2 is 2.16 bits per heavy atom. The van der Waals surface area contributed by atoms with Gasteiger partial charge in [-0.15, -0.1) is 0 Å². The van der Waals surface area contributed by atoms with Gasteiger partial charge in [0.1, 0.15) is 18.7 Å². The molecule has 3 aromatic rings. The molecule has 0 saturated heterocycles. The number of nitrogens with zero attached hydrogens (tertiary/aromatic N) is 4. The molecule has 1 amide bonds. The molecule has 8 nitrogen and oxygen atoms in total. The van der Waals surface area contributed by atoms with Crippen molar-refractivity contribution in [2.45, 2.75) is 19.6 Å². The monoisotopic (exact) mass is 403 g/mol. The first-order valence-electron chi connectivity index (χ1n) is 7.40. The lowest BCUT2D eigenvalue weighted by Gasteiger charge is -2.13. The molecule has 25 heavy (non-hydrogen) atoms. The maximum Gasteiger partial charge on any atom is 0.275 e. The van der Waals surface area contributed by atoms with E-state index in [2.05, 4.69) is 36.3 Å². The zero-order valence-corrected chi connectivity index (χ0v) is 14.8. The Hall–Kier alpha value is -2.65. The Morgan fingerprint density at radius 3 is 2.84 bits per heavy atom. The zero-order valence-electron chi connectivity index (χ0n) is 13.2. The van der Waals surface area contributed by atoms with Gasteiger partial charge >= 0.3 is 0 Å². The number of benzene rings is 1. The van der Waals surface area contributed by atoms with Crippen LogP contribution >= 0.6 is 15.9 Å². The molecule has 2 N–H and O–H groups in total. The van der Waals surface area contributed by atoms with E-state index in [-0.39, 0.29) is 6.54 Å². The largest absolute Gasteiger partial charge is 0.387 e. The van der Waals surface area contributed by atoms with Crippen molar-refractivity contribution in [1.82, 2.24) is 19.7 Å². The van der Waals surface area contributed by atoms with Crippen molar-refractivity contribution in [2.24, 2.45) is 0 Å². The number of rotatable bonds is 4. The van der Waals surface area contributed by atoms with Crippen LogP contribution in [-0.2, 0) is 11.3 Å². The predicted octanol–water partition coefficient (Wildman–Crippen LogP) is 1.64. The molecule has 3 rings (SSSR count). The summed E-state index contributed by atoms with van der Waals surface area (Å²) in [6, 6.07) is 6.61. The lowest BCUT2D eigenvalue weighted by molar-refractivity contribution is -0.117. The van der Waals surface area contributed by atoms with Crippen molar-refractivity contribution in [3.8, 4) is 0 Å². The fraction of sp³-hybridized carbons (Fsp3) is 0.188. The van der Waals surface area contributed by atoms with Gasteiger partial charge in [0.05, 0.1) is 17.2 Å². The lowest BCUT2D eigenvalue weighted by Crippen LogP contribution is -2.31. The van der Waals surface area contributed by atoms with E-state index in [0.717, 1.165) is 9.15 Å². The Bertz CT molecular complexity index is 988. The number of carbonyl (C=O) groups excluding carboxylic acids is 1. The van der Waals surface area contributed by atoms with Crippen LogP contribution in [0.15, 0.2) is 46.1 Å². The highest BCUT2D eigenvalue weighted by Gasteiger charge is 2.16. The number of halogens is 1. The topological polar surface area (TPSA) is 110 Å². The van der Waals surface area contributed by atoms with E-state index >= 15 is 0 Å². The quantitative estimate of drug-likeness (QED) is 0.684. The van der Waals surface area contributed by atoms with E-state index in [1.54, 1.807) is 25.1 Å². The van der Waals surface area contributed by atoms with Gasteiger partial charge in [-0.25, -0.2) is 14.6 Å². The van der Waals surface area contributed by atoms with Crippen molar-refractivity contribution in [2.75, 3.05) is 5.32 Å². The highest BCUT2D eigenvalue weighted by molar-refractivity contribution is 9.10. The number of hydrogen-bond acceptors (Lipinski definition) is 6. The van der Waals surface area contributed by atoms with Crippen molar-refractivity contribution >= 4 is 38.4 Å². The molecule has 0 bridgehead atoms. The third kappa shape index (κ3) is 3.72. The van der Waals surface area contributed by atoms with E-state index in [4.69, 9.17) is 0 Å². The van der Waals surface area contributed by atoms with Crippen molar-refractivity contribution in [3.05, 3.63) is 57.3 Å². The number of anilines is 1. The summed E-state index contributed by atoms with van der Waals surface area (Å²) in [4.78, 5) is 32.4. The molecular formula is C16H14BrN5O3. The van der Waals surface area contributed by atoms with Gasteiger partial charge in [-0.2, -0.15) is 5.10 Å². The lowest BCUT2D eigenvalue weighted by atomic mass is 10.1. The number of amides is 1. The molecule has 1 unspecified atom stereocenters. The van der Waals surface area contributed by atoms with Crippen LogP contribution < -0.4 is 10.9 Å². The summed E-state index contributed by atoms with van der Waals surface area (Å²) >= 11 is 3.34. The van der Waals surface area contributed by atoms with E-state index in [9.17, 15) is 14.7 Å². The molecule has 0 aliphatic carbocycles. The average Bonchev–Trinajstić information content (AvgIpc) is 2.57. The molecule has 0 fully saturated rings. The van der Waals surface area contributed by atoms with E-state index in [0.29, 0.717) is 22.3 Å². The fourth-order valence-electron chi connectivity index (χ4n) is 2.38. The number of carbonyl (C=O) groups is 1. The summed E-state index contributed by atoms with van der Waals surface area (Å²) in [6.07, 6.45) is 1.90. The molecule has 0 aliphatic rings. The molecule has 0 spiro atoms. The molecule has 1 aromatic carbocycles. The second kappa shape index (κ2) is 7.08. The molecule has 9 heteroatoms. The minimum Gasteiger partial charge on any atom is -0.387 e. The molecule has 0 aliphatic heterocycles. The standard InChI is InChI=1S/C16H14BrN5O3/c1-9(23)15-12-6-10(17)2-3-11(12)16(25)22(21-15)7-14(24)20-13-4-5-18-8-19-13/h2-6,8-9,23H,7H2,1H3,(H,18,19,20,24). The summed E-state index contributed by atoms with van der Waals surface area (Å²) in [6.45, 7) is 1.26. The van der Waals surface area contributed by atoms with Crippen LogP contribution in [0.25, 0.3) is 10.8 Å². The Balaban J connectivity index is 1.99. The van der Waals surface area contributed by atoms with Gasteiger partial charge in [-0.05, 0) is 31.2 Å². The van der Waals surface area contributed by atoms with Gasteiger partial charge in [-0.3, -0.25) is 9.59 Å². The van der Waals surface area contributed by atoms with Crippen LogP contribution in [0, 0.1) is 0 Å². The number of aliphatic hydroxyl groups excluding tert-OH is 1. The van der Waals surface area contributed by atoms with E-state index in [1.807, 2.05) is 0 Å². The predicted molar refractivity (Wildman–Crippen MR) is 95.0 cm³/mol. The first-order valence-corrected chi connectivity index (χ1v) is 8.19. The van der Waals surface area contributed by atoms with Gasteiger partial charge in [0.2, 0.25) is 5.91 Å². The minimum atomic E-state index is -0.895. The van der Waals surface area contributed by atoms with Crippen LogP contribution in [0.5, 0.6) is 0 Å². The first kappa shape index (κ1) is 17.2. The normalized spacial score (nSPS) is 12.1. The maximum absolute atomic E-state index is 12.6. The minimum absolute atomic E-state index is 0.297. The SMILES string of the molecule is CC(O)c1nn(CC(=O)Nc2ccncn2)c(=O)c2ccc(Br)cc12. The van der Waals surface area contributed by atoms with Crippen LogP contribution in [0.1, 0.15) is 18.7 Å². The third-order valence-electron chi connectivity index (χ3n) is 3.49. The van der Waals surface area contributed by atoms with Crippen LogP contribution in [0.4, 0.5) is 5.82 Å². The summed E-state index contributed by atoms with van der Waals surface area (Å²) in [5.41, 5.74) is -0.0875. The van der Waals surface area contributed by atoms with Gasteiger partial charge in [0.25, 0.3) is 5.56 Å². The Kier molecular flexibility index (Phi) is 4.86. The highest BCUT2D eigenvalue weighted by atomic mass is 79.9. The van der Waals surface area contributed by atoms with Crippen LogP contribution in [-0.4, -0.2) is 30.8 Å². The second-order valence-corrected chi connectivity index (χ2v) is 6.27.